The van der Waals surface area contributed by atoms with Crippen LogP contribution in [0.5, 0.6) is 0 Å². The molecule has 0 aliphatic carbocycles. The smallest absolute Gasteiger partial charge is 0.242 e. The highest BCUT2D eigenvalue weighted by molar-refractivity contribution is 7.89. The van der Waals surface area contributed by atoms with E-state index in [0.717, 1.165) is 4.31 Å². The molecule has 0 unspecified atom stereocenters. The van der Waals surface area contributed by atoms with Gasteiger partial charge in [-0.05, 0) is 18.2 Å². The second-order valence-corrected chi connectivity index (χ2v) is 6.45. The summed E-state index contributed by atoms with van der Waals surface area (Å²) >= 11 is 0. The van der Waals surface area contributed by atoms with Crippen LogP contribution in [0.4, 0.5) is 11.4 Å². The van der Waals surface area contributed by atoms with E-state index in [2.05, 4.69) is 5.32 Å². The number of sulfonamides is 1. The Balaban J connectivity index is 2.77. The van der Waals surface area contributed by atoms with Gasteiger partial charge in [-0.2, -0.15) is 0 Å². The van der Waals surface area contributed by atoms with Gasteiger partial charge in [-0.3, -0.25) is 0 Å². The minimum Gasteiger partial charge on any atom is -0.397 e. The maximum absolute atomic E-state index is 12.0. The lowest BCUT2D eigenvalue weighted by molar-refractivity contribution is 0.0992. The van der Waals surface area contributed by atoms with Crippen LogP contribution in [0.15, 0.2) is 23.1 Å². The highest BCUT2D eigenvalue weighted by Gasteiger charge is 2.18. The molecule has 0 aromatic heterocycles. The molecule has 0 bridgehead atoms. The van der Waals surface area contributed by atoms with Crippen LogP contribution in [0.25, 0.3) is 0 Å². The number of ether oxygens (including phenoxy) is 1. The lowest BCUT2D eigenvalue weighted by Crippen LogP contribution is -2.22. The number of anilines is 2. The van der Waals surface area contributed by atoms with Crippen molar-refractivity contribution in [3.63, 3.8) is 0 Å². The maximum Gasteiger partial charge on any atom is 0.242 e. The van der Waals surface area contributed by atoms with Crippen LogP contribution < -0.4 is 11.1 Å². The van der Waals surface area contributed by atoms with E-state index < -0.39 is 10.0 Å². The van der Waals surface area contributed by atoms with Crippen molar-refractivity contribution in [1.82, 2.24) is 4.31 Å². The van der Waals surface area contributed by atoms with Gasteiger partial charge < -0.3 is 20.9 Å². The Bertz CT molecular complexity index is 532. The Morgan fingerprint density at radius 3 is 2.65 bits per heavy atom. The maximum atomic E-state index is 12.0. The molecule has 8 heteroatoms. The molecule has 0 aliphatic heterocycles. The van der Waals surface area contributed by atoms with Crippen molar-refractivity contribution in [2.75, 3.05) is 51.5 Å². The van der Waals surface area contributed by atoms with Crippen molar-refractivity contribution in [3.05, 3.63) is 18.2 Å². The molecule has 0 saturated heterocycles. The fourth-order valence-electron chi connectivity index (χ4n) is 1.48. The number of hydrogen-bond donors (Lipinski definition) is 3. The Kier molecular flexibility index (Phi) is 6.21. The topological polar surface area (TPSA) is 105 Å². The summed E-state index contributed by atoms with van der Waals surface area (Å²) in [6.07, 6.45) is 0. The lowest BCUT2D eigenvalue weighted by Gasteiger charge is -2.14. The van der Waals surface area contributed by atoms with Gasteiger partial charge in [0, 0.05) is 20.6 Å². The second-order valence-electron chi connectivity index (χ2n) is 4.30. The molecule has 0 aliphatic rings. The number of rotatable bonds is 8. The predicted octanol–water partition coefficient (Wildman–Crippen LogP) is -0.0601. The average Bonchev–Trinajstić information content (AvgIpc) is 2.40. The van der Waals surface area contributed by atoms with Crippen LogP contribution in [-0.2, 0) is 14.8 Å². The molecular weight excluding hydrogens is 282 g/mol. The monoisotopic (exact) mass is 303 g/mol. The van der Waals surface area contributed by atoms with Gasteiger partial charge in [0.05, 0.1) is 36.1 Å². The number of aliphatic hydroxyl groups is 1. The highest BCUT2D eigenvalue weighted by Crippen LogP contribution is 2.23. The molecule has 20 heavy (non-hydrogen) atoms. The molecule has 1 rings (SSSR count). The van der Waals surface area contributed by atoms with Gasteiger partial charge >= 0.3 is 0 Å². The molecule has 114 valence electrons. The number of nitrogen functional groups attached to an aromatic ring is 1. The number of nitrogens with two attached hydrogens (primary N) is 1. The minimum absolute atomic E-state index is 0.0291. The SMILES string of the molecule is CN(C)S(=O)(=O)c1ccc(N)c(NCCOCCO)c1. The largest absolute Gasteiger partial charge is 0.397 e. The van der Waals surface area contributed by atoms with Crippen molar-refractivity contribution < 1.29 is 18.3 Å². The third-order valence-electron chi connectivity index (χ3n) is 2.60. The van der Waals surface area contributed by atoms with Crippen molar-refractivity contribution in [2.24, 2.45) is 0 Å². The fraction of sp³-hybridized carbons (Fsp3) is 0.500. The molecule has 0 amide bonds. The molecule has 7 nitrogen and oxygen atoms in total. The summed E-state index contributed by atoms with van der Waals surface area (Å²) in [5.41, 5.74) is 6.80. The van der Waals surface area contributed by atoms with Crippen LogP contribution in [0.3, 0.4) is 0 Å². The molecule has 1 aromatic carbocycles. The molecule has 0 spiro atoms. The van der Waals surface area contributed by atoms with E-state index in [9.17, 15) is 8.42 Å². The summed E-state index contributed by atoms with van der Waals surface area (Å²) in [5, 5.41) is 11.6. The van der Waals surface area contributed by atoms with Crippen molar-refractivity contribution in [3.8, 4) is 0 Å². The summed E-state index contributed by atoms with van der Waals surface area (Å²) in [5.74, 6) is 0. The van der Waals surface area contributed by atoms with Gasteiger partial charge in [-0.25, -0.2) is 12.7 Å². The van der Waals surface area contributed by atoms with E-state index in [0.29, 0.717) is 24.5 Å². The molecule has 0 heterocycles. The molecule has 0 saturated carbocycles. The van der Waals surface area contributed by atoms with E-state index in [1.807, 2.05) is 0 Å². The van der Waals surface area contributed by atoms with Crippen LogP contribution in [0.1, 0.15) is 0 Å². The fourth-order valence-corrected chi connectivity index (χ4v) is 2.41. The third kappa shape index (κ3) is 4.34. The first-order valence-electron chi connectivity index (χ1n) is 6.14. The van der Waals surface area contributed by atoms with Crippen molar-refractivity contribution in [1.29, 1.82) is 0 Å². The number of nitrogens with zero attached hydrogens (tertiary/aromatic N) is 1. The van der Waals surface area contributed by atoms with Crippen LogP contribution in [0.2, 0.25) is 0 Å². The van der Waals surface area contributed by atoms with E-state index in [4.69, 9.17) is 15.6 Å². The molecule has 0 radical (unpaired) electrons. The first-order chi connectivity index (χ1) is 9.39. The number of benzene rings is 1. The third-order valence-corrected chi connectivity index (χ3v) is 4.41. The van der Waals surface area contributed by atoms with Crippen LogP contribution in [0, 0.1) is 0 Å². The number of aliphatic hydroxyl groups excluding tert-OH is 1. The molecule has 4 N–H and O–H groups in total. The molecule has 0 atom stereocenters. The highest BCUT2D eigenvalue weighted by atomic mass is 32.2. The van der Waals surface area contributed by atoms with Crippen LogP contribution >= 0.6 is 0 Å². The van der Waals surface area contributed by atoms with Gasteiger partial charge in [-0.1, -0.05) is 0 Å². The van der Waals surface area contributed by atoms with Gasteiger partial charge in [0.25, 0.3) is 0 Å². The second kappa shape index (κ2) is 7.44. The van der Waals surface area contributed by atoms with Gasteiger partial charge in [0.15, 0.2) is 0 Å². The van der Waals surface area contributed by atoms with Crippen molar-refractivity contribution in [2.45, 2.75) is 4.90 Å². The zero-order valence-corrected chi connectivity index (χ0v) is 12.5. The first-order valence-corrected chi connectivity index (χ1v) is 7.58. The number of hydrogen-bond acceptors (Lipinski definition) is 6. The number of nitrogens with one attached hydrogen (secondary N) is 1. The first kappa shape index (κ1) is 16.7. The average molecular weight is 303 g/mol. The normalized spacial score (nSPS) is 11.8. The zero-order chi connectivity index (χ0) is 15.2. The summed E-state index contributed by atoms with van der Waals surface area (Å²) in [7, 11) is -0.534. The van der Waals surface area contributed by atoms with Gasteiger partial charge in [0.1, 0.15) is 0 Å². The molecule has 1 aromatic rings. The predicted molar refractivity (Wildman–Crippen MR) is 78.1 cm³/mol. The standard InChI is InChI=1S/C12H21N3O4S/c1-15(2)20(17,18)10-3-4-11(13)12(9-10)14-5-7-19-8-6-16/h3-4,9,14,16H,5-8,13H2,1-2H3. The quantitative estimate of drug-likeness (QED) is 0.459. The van der Waals surface area contributed by atoms with Gasteiger partial charge in [-0.15, -0.1) is 0 Å². The summed E-state index contributed by atoms with van der Waals surface area (Å²) < 4.78 is 30.3. The summed E-state index contributed by atoms with van der Waals surface area (Å²) in [6, 6.07) is 4.52. The van der Waals surface area contributed by atoms with E-state index in [1.165, 1.54) is 26.2 Å². The Morgan fingerprint density at radius 2 is 2.05 bits per heavy atom. The van der Waals surface area contributed by atoms with E-state index in [1.54, 1.807) is 6.07 Å². The summed E-state index contributed by atoms with van der Waals surface area (Å²) in [4.78, 5) is 0.176. The van der Waals surface area contributed by atoms with Crippen molar-refractivity contribution >= 4 is 21.4 Å². The van der Waals surface area contributed by atoms with Gasteiger partial charge in [0.2, 0.25) is 10.0 Å². The van der Waals surface area contributed by atoms with Crippen LogP contribution in [-0.4, -0.2) is 58.3 Å². The Morgan fingerprint density at radius 1 is 1.35 bits per heavy atom. The minimum atomic E-state index is -3.48. The Hall–Kier alpha value is -1.35. The lowest BCUT2D eigenvalue weighted by atomic mass is 10.2. The van der Waals surface area contributed by atoms with E-state index >= 15 is 0 Å². The summed E-state index contributed by atoms with van der Waals surface area (Å²) in [6.45, 7) is 1.10. The molecular formula is C12H21N3O4S. The Labute approximate surface area is 119 Å². The zero-order valence-electron chi connectivity index (χ0n) is 11.7. The van der Waals surface area contributed by atoms with E-state index in [-0.39, 0.29) is 18.1 Å². The molecule has 0 fully saturated rings.